The van der Waals surface area contributed by atoms with E-state index in [9.17, 15) is 9.59 Å². The van der Waals surface area contributed by atoms with Crippen LogP contribution in [0.15, 0.2) is 54.6 Å². The van der Waals surface area contributed by atoms with Crippen molar-refractivity contribution in [1.29, 1.82) is 0 Å². The van der Waals surface area contributed by atoms with Gasteiger partial charge in [0.2, 0.25) is 11.8 Å². The fraction of sp³-hybridized carbons (Fsp3) is 0.333. The lowest BCUT2D eigenvalue weighted by Crippen LogP contribution is -2.48. The molecule has 1 fully saturated rings. The average molecular weight is 351 g/mol. The first-order valence-electron chi connectivity index (χ1n) is 8.96. The summed E-state index contributed by atoms with van der Waals surface area (Å²) in [7, 11) is 1.78. The molecule has 5 nitrogen and oxygen atoms in total. The van der Waals surface area contributed by atoms with Gasteiger partial charge in [0.25, 0.3) is 0 Å². The van der Waals surface area contributed by atoms with Gasteiger partial charge in [0.05, 0.1) is 6.42 Å². The quantitative estimate of drug-likeness (QED) is 0.841. The first-order valence-corrected chi connectivity index (χ1v) is 8.96. The van der Waals surface area contributed by atoms with E-state index in [1.165, 1.54) is 0 Å². The zero-order chi connectivity index (χ0) is 18.5. The minimum atomic E-state index is -0.00275. The van der Waals surface area contributed by atoms with Gasteiger partial charge < -0.3 is 15.5 Å². The van der Waals surface area contributed by atoms with E-state index in [0.717, 1.165) is 30.0 Å². The highest BCUT2D eigenvalue weighted by Crippen LogP contribution is 2.19. The molecule has 0 spiro atoms. The number of nitrogens with zero attached hydrogens (tertiary/aromatic N) is 1. The summed E-state index contributed by atoms with van der Waals surface area (Å²) in [4.78, 5) is 26.3. The zero-order valence-electron chi connectivity index (χ0n) is 15.2. The van der Waals surface area contributed by atoms with Crippen molar-refractivity contribution in [3.8, 4) is 0 Å². The fourth-order valence-corrected chi connectivity index (χ4v) is 2.93. The Morgan fingerprint density at radius 2 is 1.77 bits per heavy atom. The molecule has 1 aliphatic rings. The molecule has 2 aromatic carbocycles. The first kappa shape index (κ1) is 18.1. The van der Waals surface area contributed by atoms with Gasteiger partial charge in [-0.1, -0.05) is 37.3 Å². The average Bonchev–Trinajstić information content (AvgIpc) is 2.62. The topological polar surface area (TPSA) is 61.4 Å². The number of anilines is 2. The summed E-state index contributed by atoms with van der Waals surface area (Å²) in [5.74, 6) is 0.487. The Kier molecular flexibility index (Phi) is 5.68. The molecule has 26 heavy (non-hydrogen) atoms. The second kappa shape index (κ2) is 8.15. The Bertz CT molecular complexity index is 755. The molecule has 1 unspecified atom stereocenters. The van der Waals surface area contributed by atoms with Crippen LogP contribution in [-0.4, -0.2) is 32.0 Å². The zero-order valence-corrected chi connectivity index (χ0v) is 15.2. The third-order valence-electron chi connectivity index (χ3n) is 5.03. The Hall–Kier alpha value is -2.66. The molecule has 136 valence electrons. The molecule has 0 radical (unpaired) electrons. The third kappa shape index (κ3) is 4.29. The number of likely N-dealkylation sites (N-methyl/N-ethyl adjacent to an activating group) is 1. The standard InChI is InChI=1S/C21H25N3O2/c1-15(17-13-22-14-17)21(26)23-18-10-8-16(9-11-18)12-20(25)24(2)19-6-4-3-5-7-19/h3-11,15,17,22H,12-14H2,1-2H3,(H,23,26). The van der Waals surface area contributed by atoms with Crippen molar-refractivity contribution in [2.45, 2.75) is 13.3 Å². The lowest BCUT2D eigenvalue weighted by molar-refractivity contribution is -0.121. The SMILES string of the molecule is CC(C(=O)Nc1ccc(CC(=O)N(C)c2ccccc2)cc1)C1CNC1. The van der Waals surface area contributed by atoms with Crippen molar-refractivity contribution < 1.29 is 9.59 Å². The van der Waals surface area contributed by atoms with Crippen molar-refractivity contribution in [1.82, 2.24) is 5.32 Å². The maximum absolute atomic E-state index is 12.4. The Labute approximate surface area is 154 Å². The van der Waals surface area contributed by atoms with Crippen LogP contribution in [0.5, 0.6) is 0 Å². The Balaban J connectivity index is 1.55. The number of amides is 2. The van der Waals surface area contributed by atoms with Crippen LogP contribution in [0.25, 0.3) is 0 Å². The first-order chi connectivity index (χ1) is 12.5. The van der Waals surface area contributed by atoms with Gasteiger partial charge in [-0.25, -0.2) is 0 Å². The van der Waals surface area contributed by atoms with E-state index in [2.05, 4.69) is 10.6 Å². The Morgan fingerprint density at radius 1 is 1.12 bits per heavy atom. The number of rotatable bonds is 6. The number of hydrogen-bond acceptors (Lipinski definition) is 3. The van der Waals surface area contributed by atoms with Crippen LogP contribution < -0.4 is 15.5 Å². The molecule has 2 amide bonds. The molecule has 0 aliphatic carbocycles. The second-order valence-corrected chi connectivity index (χ2v) is 6.86. The normalized spacial score (nSPS) is 15.0. The summed E-state index contributed by atoms with van der Waals surface area (Å²) in [5, 5.41) is 6.15. The van der Waals surface area contributed by atoms with Crippen LogP contribution in [0.3, 0.4) is 0 Å². The largest absolute Gasteiger partial charge is 0.326 e. The number of benzene rings is 2. The molecular formula is C21H25N3O2. The summed E-state index contributed by atoms with van der Waals surface area (Å²) in [6.07, 6.45) is 0.323. The van der Waals surface area contributed by atoms with E-state index in [0.29, 0.717) is 12.3 Å². The van der Waals surface area contributed by atoms with E-state index >= 15 is 0 Å². The van der Waals surface area contributed by atoms with Gasteiger partial charge in [-0.2, -0.15) is 0 Å². The molecule has 5 heteroatoms. The molecule has 2 N–H and O–H groups in total. The molecule has 0 saturated carbocycles. The van der Waals surface area contributed by atoms with Gasteiger partial charge >= 0.3 is 0 Å². The third-order valence-corrected chi connectivity index (χ3v) is 5.03. The lowest BCUT2D eigenvalue weighted by atomic mass is 9.88. The minimum Gasteiger partial charge on any atom is -0.326 e. The van der Waals surface area contributed by atoms with Gasteiger partial charge in [0.15, 0.2) is 0 Å². The van der Waals surface area contributed by atoms with Crippen LogP contribution in [0.2, 0.25) is 0 Å². The molecular weight excluding hydrogens is 326 g/mol. The van der Waals surface area contributed by atoms with Gasteiger partial charge in [0, 0.05) is 24.3 Å². The van der Waals surface area contributed by atoms with Gasteiger partial charge in [-0.05, 0) is 48.8 Å². The minimum absolute atomic E-state index is 0.00275. The molecule has 2 aromatic rings. The number of nitrogens with one attached hydrogen (secondary N) is 2. The molecule has 1 heterocycles. The van der Waals surface area contributed by atoms with Gasteiger partial charge in [0.1, 0.15) is 0 Å². The monoisotopic (exact) mass is 351 g/mol. The van der Waals surface area contributed by atoms with Crippen molar-refractivity contribution >= 4 is 23.2 Å². The predicted molar refractivity (Wildman–Crippen MR) is 104 cm³/mol. The molecule has 0 aromatic heterocycles. The van der Waals surface area contributed by atoms with Crippen LogP contribution in [-0.2, 0) is 16.0 Å². The summed E-state index contributed by atoms with van der Waals surface area (Å²) in [6.45, 7) is 3.78. The maximum Gasteiger partial charge on any atom is 0.231 e. The van der Waals surface area contributed by atoms with Crippen molar-refractivity contribution in [3.05, 3.63) is 60.2 Å². The van der Waals surface area contributed by atoms with E-state index in [1.54, 1.807) is 11.9 Å². The van der Waals surface area contributed by atoms with Crippen LogP contribution >= 0.6 is 0 Å². The van der Waals surface area contributed by atoms with Crippen molar-refractivity contribution in [2.75, 3.05) is 30.4 Å². The van der Waals surface area contributed by atoms with Crippen molar-refractivity contribution in [2.24, 2.45) is 11.8 Å². The van der Waals surface area contributed by atoms with Gasteiger partial charge in [-0.15, -0.1) is 0 Å². The lowest BCUT2D eigenvalue weighted by Gasteiger charge is -2.31. The van der Waals surface area contributed by atoms with E-state index in [1.807, 2.05) is 61.5 Å². The number of para-hydroxylation sites is 1. The number of hydrogen-bond donors (Lipinski definition) is 2. The maximum atomic E-state index is 12.4. The van der Waals surface area contributed by atoms with Crippen LogP contribution in [0, 0.1) is 11.8 Å². The molecule has 1 aliphatic heterocycles. The highest BCUT2D eigenvalue weighted by atomic mass is 16.2. The molecule has 3 rings (SSSR count). The molecule has 1 saturated heterocycles. The van der Waals surface area contributed by atoms with Crippen molar-refractivity contribution in [3.63, 3.8) is 0 Å². The second-order valence-electron chi connectivity index (χ2n) is 6.86. The summed E-state index contributed by atoms with van der Waals surface area (Å²) in [6, 6.07) is 17.1. The highest BCUT2D eigenvalue weighted by Gasteiger charge is 2.28. The smallest absolute Gasteiger partial charge is 0.231 e. The Morgan fingerprint density at radius 3 is 2.35 bits per heavy atom. The molecule has 0 bridgehead atoms. The highest BCUT2D eigenvalue weighted by molar-refractivity contribution is 5.94. The summed E-state index contributed by atoms with van der Waals surface area (Å²) < 4.78 is 0. The van der Waals surface area contributed by atoms with E-state index < -0.39 is 0 Å². The van der Waals surface area contributed by atoms with Crippen LogP contribution in [0.1, 0.15) is 12.5 Å². The molecule has 1 atom stereocenters. The number of carbonyl (C=O) groups excluding carboxylic acids is 2. The number of carbonyl (C=O) groups is 2. The summed E-state index contributed by atoms with van der Waals surface area (Å²) >= 11 is 0. The fourth-order valence-electron chi connectivity index (χ4n) is 2.93. The van der Waals surface area contributed by atoms with E-state index in [-0.39, 0.29) is 17.7 Å². The predicted octanol–water partition coefficient (Wildman–Crippen LogP) is 2.69. The van der Waals surface area contributed by atoms with Crippen LogP contribution in [0.4, 0.5) is 11.4 Å². The van der Waals surface area contributed by atoms with Gasteiger partial charge in [-0.3, -0.25) is 9.59 Å². The summed E-state index contributed by atoms with van der Waals surface area (Å²) in [5.41, 5.74) is 2.56. The van der Waals surface area contributed by atoms with E-state index in [4.69, 9.17) is 0 Å².